The van der Waals surface area contributed by atoms with Gasteiger partial charge in [-0.2, -0.15) is 3.71 Å². The number of amides is 2. The minimum absolute atomic E-state index is 0.0907. The molecule has 0 fully saturated rings. The second-order valence-corrected chi connectivity index (χ2v) is 5.53. The van der Waals surface area contributed by atoms with Gasteiger partial charge >= 0.3 is 6.03 Å². The standard InChI is InChI=1S/C9H12N2O3S2/c1-10-9(12)11(15-2)16(13,14)8-6-4-3-5-7-8/h3-7H,1-2H3,(H,10,12). The lowest BCUT2D eigenvalue weighted by Crippen LogP contribution is -2.37. The van der Waals surface area contributed by atoms with Crippen molar-refractivity contribution in [2.45, 2.75) is 4.90 Å². The maximum absolute atomic E-state index is 12.0. The van der Waals surface area contributed by atoms with Gasteiger partial charge < -0.3 is 5.32 Å². The van der Waals surface area contributed by atoms with Crippen LogP contribution in [0.1, 0.15) is 0 Å². The number of nitrogens with one attached hydrogen (secondary N) is 1. The Bertz CT molecular complexity index is 459. The zero-order chi connectivity index (χ0) is 12.2. The van der Waals surface area contributed by atoms with Gasteiger partial charge in [0.25, 0.3) is 10.0 Å². The molecule has 0 aliphatic rings. The summed E-state index contributed by atoms with van der Waals surface area (Å²) in [6.45, 7) is 0. The molecule has 0 saturated heterocycles. The molecular formula is C9H12N2O3S2. The highest BCUT2D eigenvalue weighted by molar-refractivity contribution is 8.08. The van der Waals surface area contributed by atoms with Crippen LogP contribution in [0.2, 0.25) is 0 Å². The highest BCUT2D eigenvalue weighted by Gasteiger charge is 2.27. The van der Waals surface area contributed by atoms with E-state index in [0.717, 1.165) is 11.9 Å². The van der Waals surface area contributed by atoms with E-state index in [0.29, 0.717) is 3.71 Å². The number of hydrogen-bond acceptors (Lipinski definition) is 4. The Labute approximate surface area is 99.0 Å². The lowest BCUT2D eigenvalue weighted by Gasteiger charge is -2.18. The number of urea groups is 1. The first kappa shape index (κ1) is 12.9. The van der Waals surface area contributed by atoms with Gasteiger partial charge in [0.1, 0.15) is 0 Å². The van der Waals surface area contributed by atoms with E-state index in [-0.39, 0.29) is 4.90 Å². The van der Waals surface area contributed by atoms with Crippen LogP contribution in [0.4, 0.5) is 4.79 Å². The Balaban J connectivity index is 3.15. The monoisotopic (exact) mass is 260 g/mol. The van der Waals surface area contributed by atoms with E-state index in [1.807, 2.05) is 0 Å². The van der Waals surface area contributed by atoms with Gasteiger partial charge in [-0.3, -0.25) is 0 Å². The van der Waals surface area contributed by atoms with Crippen LogP contribution in [-0.4, -0.2) is 31.5 Å². The summed E-state index contributed by atoms with van der Waals surface area (Å²) in [5.41, 5.74) is 0. The van der Waals surface area contributed by atoms with E-state index in [4.69, 9.17) is 0 Å². The highest BCUT2D eigenvalue weighted by Crippen LogP contribution is 2.20. The molecule has 0 spiro atoms. The zero-order valence-corrected chi connectivity index (χ0v) is 10.5. The normalized spacial score (nSPS) is 10.9. The SMILES string of the molecule is CNC(=O)N(SC)S(=O)(=O)c1ccccc1. The maximum Gasteiger partial charge on any atom is 0.341 e. The molecule has 1 aromatic carbocycles. The number of rotatable bonds is 3. The number of nitrogens with zero attached hydrogens (tertiary/aromatic N) is 1. The lowest BCUT2D eigenvalue weighted by molar-refractivity contribution is 0.239. The number of carbonyl (C=O) groups is 1. The van der Waals surface area contributed by atoms with Crippen LogP contribution in [0.3, 0.4) is 0 Å². The first-order valence-corrected chi connectivity index (χ1v) is 7.02. The number of hydrogen-bond donors (Lipinski definition) is 1. The first-order chi connectivity index (χ1) is 7.54. The second kappa shape index (κ2) is 5.22. The molecular weight excluding hydrogens is 248 g/mol. The summed E-state index contributed by atoms with van der Waals surface area (Å²) < 4.78 is 24.7. The predicted molar refractivity (Wildman–Crippen MR) is 63.4 cm³/mol. The van der Waals surface area contributed by atoms with E-state index in [2.05, 4.69) is 5.32 Å². The third-order valence-corrected chi connectivity index (χ3v) is 4.81. The Hall–Kier alpha value is -1.21. The molecule has 0 atom stereocenters. The Morgan fingerprint density at radius 3 is 2.31 bits per heavy atom. The molecule has 1 aromatic rings. The molecule has 16 heavy (non-hydrogen) atoms. The molecule has 1 N–H and O–H groups in total. The van der Waals surface area contributed by atoms with Crippen LogP contribution < -0.4 is 5.32 Å². The minimum Gasteiger partial charge on any atom is -0.339 e. The largest absolute Gasteiger partial charge is 0.341 e. The van der Waals surface area contributed by atoms with Crippen LogP contribution in [0, 0.1) is 0 Å². The minimum atomic E-state index is -3.78. The Kier molecular flexibility index (Phi) is 4.19. The molecule has 88 valence electrons. The van der Waals surface area contributed by atoms with Crippen molar-refractivity contribution >= 4 is 28.0 Å². The third kappa shape index (κ3) is 2.48. The van der Waals surface area contributed by atoms with Gasteiger partial charge in [-0.1, -0.05) is 18.2 Å². The van der Waals surface area contributed by atoms with Crippen LogP contribution in [0.25, 0.3) is 0 Å². The average Bonchev–Trinajstić information content (AvgIpc) is 2.30. The summed E-state index contributed by atoms with van der Waals surface area (Å²) in [5, 5.41) is 2.28. The predicted octanol–water partition coefficient (Wildman–Crippen LogP) is 1.29. The van der Waals surface area contributed by atoms with Crippen molar-refractivity contribution in [3.63, 3.8) is 0 Å². The van der Waals surface area contributed by atoms with Crippen LogP contribution in [0.15, 0.2) is 35.2 Å². The molecule has 0 saturated carbocycles. The van der Waals surface area contributed by atoms with Gasteiger partial charge in [0.2, 0.25) is 0 Å². The molecule has 1 rings (SSSR count). The molecule has 0 unspecified atom stereocenters. The number of carbonyl (C=O) groups excluding carboxylic acids is 1. The molecule has 5 nitrogen and oxygen atoms in total. The van der Waals surface area contributed by atoms with Crippen LogP contribution in [-0.2, 0) is 10.0 Å². The maximum atomic E-state index is 12.0. The number of sulfonamides is 1. The highest BCUT2D eigenvalue weighted by atomic mass is 32.3. The van der Waals surface area contributed by atoms with E-state index >= 15 is 0 Å². The van der Waals surface area contributed by atoms with Gasteiger partial charge in [-0.25, -0.2) is 13.2 Å². The summed E-state index contributed by atoms with van der Waals surface area (Å²) >= 11 is 0.838. The van der Waals surface area contributed by atoms with Crippen LogP contribution >= 0.6 is 11.9 Å². The Morgan fingerprint density at radius 2 is 1.88 bits per heavy atom. The summed E-state index contributed by atoms with van der Waals surface area (Å²) in [7, 11) is -2.40. The van der Waals surface area contributed by atoms with E-state index in [1.165, 1.54) is 25.4 Å². The molecule has 7 heteroatoms. The van der Waals surface area contributed by atoms with Gasteiger partial charge in [0.15, 0.2) is 0 Å². The van der Waals surface area contributed by atoms with Crippen molar-refractivity contribution in [1.82, 2.24) is 9.03 Å². The average molecular weight is 260 g/mol. The van der Waals surface area contributed by atoms with E-state index < -0.39 is 16.1 Å². The third-order valence-electron chi connectivity index (χ3n) is 1.80. The summed E-state index contributed by atoms with van der Waals surface area (Å²) in [4.78, 5) is 11.5. The van der Waals surface area contributed by atoms with Crippen molar-refractivity contribution < 1.29 is 13.2 Å². The van der Waals surface area contributed by atoms with Gasteiger partial charge in [0, 0.05) is 13.3 Å². The molecule has 0 aliphatic carbocycles. The quantitative estimate of drug-likeness (QED) is 0.832. The lowest BCUT2D eigenvalue weighted by atomic mass is 10.4. The summed E-state index contributed by atoms with van der Waals surface area (Å²) in [5.74, 6) is 0. The van der Waals surface area contributed by atoms with E-state index in [9.17, 15) is 13.2 Å². The number of benzene rings is 1. The van der Waals surface area contributed by atoms with Crippen molar-refractivity contribution in [2.75, 3.05) is 13.3 Å². The van der Waals surface area contributed by atoms with Crippen molar-refractivity contribution in [1.29, 1.82) is 0 Å². The molecule has 0 radical (unpaired) electrons. The summed E-state index contributed by atoms with van der Waals surface area (Å²) in [6.07, 6.45) is 1.52. The molecule has 0 heterocycles. The van der Waals surface area contributed by atoms with Crippen molar-refractivity contribution in [2.24, 2.45) is 0 Å². The van der Waals surface area contributed by atoms with Crippen LogP contribution in [0.5, 0.6) is 0 Å². The van der Waals surface area contributed by atoms with Gasteiger partial charge in [-0.05, 0) is 24.1 Å². The zero-order valence-electron chi connectivity index (χ0n) is 8.88. The van der Waals surface area contributed by atoms with Gasteiger partial charge in [0.05, 0.1) is 4.90 Å². The molecule has 0 aliphatic heterocycles. The molecule has 2 amide bonds. The summed E-state index contributed by atoms with van der Waals surface area (Å²) in [6, 6.07) is 7.15. The first-order valence-electron chi connectivity index (χ1n) is 4.40. The van der Waals surface area contributed by atoms with Gasteiger partial charge in [-0.15, -0.1) is 0 Å². The van der Waals surface area contributed by atoms with E-state index in [1.54, 1.807) is 18.2 Å². The fraction of sp³-hybridized carbons (Fsp3) is 0.222. The topological polar surface area (TPSA) is 66.5 Å². The second-order valence-electron chi connectivity index (χ2n) is 2.78. The molecule has 0 aromatic heterocycles. The smallest absolute Gasteiger partial charge is 0.339 e. The van der Waals surface area contributed by atoms with Crippen molar-refractivity contribution in [3.8, 4) is 0 Å². The molecule has 0 bridgehead atoms. The Morgan fingerprint density at radius 1 is 1.31 bits per heavy atom. The fourth-order valence-corrected chi connectivity index (χ4v) is 3.37. The fourth-order valence-electron chi connectivity index (χ4n) is 1.07. The van der Waals surface area contributed by atoms with Crippen molar-refractivity contribution in [3.05, 3.63) is 30.3 Å².